The van der Waals surface area contributed by atoms with Gasteiger partial charge in [0.2, 0.25) is 0 Å². The van der Waals surface area contributed by atoms with E-state index in [2.05, 4.69) is 17.2 Å². The quantitative estimate of drug-likeness (QED) is 0.915. The smallest absolute Gasteiger partial charge is 0.263 e. The highest BCUT2D eigenvalue weighted by molar-refractivity contribution is 7.11. The summed E-state index contributed by atoms with van der Waals surface area (Å²) in [5.74, 6) is -0.335. The molecule has 0 saturated carbocycles. The fourth-order valence-electron chi connectivity index (χ4n) is 2.37. The van der Waals surface area contributed by atoms with Gasteiger partial charge in [0.15, 0.2) is 0 Å². The fourth-order valence-corrected chi connectivity index (χ4v) is 3.48. The lowest BCUT2D eigenvalue weighted by Crippen LogP contribution is -2.33. The van der Waals surface area contributed by atoms with E-state index in [9.17, 15) is 9.59 Å². The van der Waals surface area contributed by atoms with E-state index in [4.69, 9.17) is 0 Å². The van der Waals surface area contributed by atoms with Crippen LogP contribution in [0.5, 0.6) is 0 Å². The number of aromatic nitrogens is 2. The Hall–Kier alpha value is -1.95. The van der Waals surface area contributed by atoms with Gasteiger partial charge in [0, 0.05) is 17.6 Å². The highest BCUT2D eigenvalue weighted by atomic mass is 32.1. The van der Waals surface area contributed by atoms with Crippen LogP contribution in [0.3, 0.4) is 0 Å². The van der Waals surface area contributed by atoms with Gasteiger partial charge in [-0.2, -0.15) is 0 Å². The maximum Gasteiger partial charge on any atom is 0.263 e. The van der Waals surface area contributed by atoms with Gasteiger partial charge in [0.1, 0.15) is 5.56 Å². The first-order chi connectivity index (χ1) is 10.8. The van der Waals surface area contributed by atoms with Crippen LogP contribution in [0.2, 0.25) is 0 Å². The molecule has 2 aromatic rings. The molecule has 23 heavy (non-hydrogen) atoms. The summed E-state index contributed by atoms with van der Waals surface area (Å²) in [4.78, 5) is 30.2. The van der Waals surface area contributed by atoms with Crippen LogP contribution in [0.4, 0.5) is 0 Å². The Labute approximate surface area is 140 Å². The maximum absolute atomic E-state index is 12.4. The number of carbonyl (C=O) groups excluding carboxylic acids is 1. The monoisotopic (exact) mass is 333 g/mol. The van der Waals surface area contributed by atoms with E-state index < -0.39 is 0 Å². The van der Waals surface area contributed by atoms with Crippen LogP contribution in [0.15, 0.2) is 10.9 Å². The standard InChI is InChI=1S/C17H23N3O2S/c1-6-7-15-19-11(3)14(23-15)9-18-16(21)13-8-10(2)12(4)20(5)17(13)22/h8H,6-7,9H2,1-5H3,(H,18,21). The van der Waals surface area contributed by atoms with Gasteiger partial charge in [0.25, 0.3) is 11.5 Å². The predicted octanol–water partition coefficient (Wildman–Crippen LogP) is 2.65. The molecule has 0 saturated heterocycles. The first-order valence-electron chi connectivity index (χ1n) is 7.75. The van der Waals surface area contributed by atoms with Gasteiger partial charge in [-0.15, -0.1) is 11.3 Å². The van der Waals surface area contributed by atoms with Crippen molar-refractivity contribution in [3.8, 4) is 0 Å². The lowest BCUT2D eigenvalue weighted by Gasteiger charge is -2.10. The number of nitrogens with zero attached hydrogens (tertiary/aromatic N) is 2. The summed E-state index contributed by atoms with van der Waals surface area (Å²) < 4.78 is 1.52. The minimum Gasteiger partial charge on any atom is -0.347 e. The Morgan fingerprint density at radius 3 is 2.70 bits per heavy atom. The molecule has 0 atom stereocenters. The average molecular weight is 333 g/mol. The van der Waals surface area contributed by atoms with E-state index in [1.54, 1.807) is 24.5 Å². The summed E-state index contributed by atoms with van der Waals surface area (Å²) in [5.41, 5.74) is 2.67. The third-order valence-corrected chi connectivity index (χ3v) is 5.24. The number of pyridine rings is 1. The Balaban J connectivity index is 2.16. The molecule has 0 bridgehead atoms. The van der Waals surface area contributed by atoms with E-state index in [0.717, 1.165) is 39.7 Å². The Morgan fingerprint density at radius 1 is 1.35 bits per heavy atom. The predicted molar refractivity (Wildman–Crippen MR) is 93.2 cm³/mol. The number of hydrogen-bond acceptors (Lipinski definition) is 4. The molecule has 2 rings (SSSR count). The topological polar surface area (TPSA) is 64.0 Å². The molecule has 124 valence electrons. The summed E-state index contributed by atoms with van der Waals surface area (Å²) in [6.07, 6.45) is 2.01. The lowest BCUT2D eigenvalue weighted by atomic mass is 10.1. The molecule has 5 nitrogen and oxygen atoms in total. The molecule has 2 aromatic heterocycles. The zero-order valence-electron chi connectivity index (χ0n) is 14.3. The van der Waals surface area contributed by atoms with Crippen molar-refractivity contribution in [1.82, 2.24) is 14.9 Å². The molecule has 6 heteroatoms. The van der Waals surface area contributed by atoms with Crippen molar-refractivity contribution >= 4 is 17.2 Å². The van der Waals surface area contributed by atoms with Crippen LogP contribution in [0, 0.1) is 20.8 Å². The minimum atomic E-state index is -0.335. The molecule has 0 radical (unpaired) electrons. The second kappa shape index (κ2) is 7.08. The highest BCUT2D eigenvalue weighted by Gasteiger charge is 2.15. The number of amides is 1. The maximum atomic E-state index is 12.4. The Morgan fingerprint density at radius 2 is 2.04 bits per heavy atom. The number of carbonyl (C=O) groups is 1. The molecule has 1 N–H and O–H groups in total. The van der Waals surface area contributed by atoms with Crippen molar-refractivity contribution in [3.05, 3.63) is 48.8 Å². The molecule has 0 unspecified atom stereocenters. The molecule has 0 spiro atoms. The molecule has 0 aliphatic heterocycles. The molecule has 0 aliphatic carbocycles. The molecule has 2 heterocycles. The zero-order valence-corrected chi connectivity index (χ0v) is 15.1. The molecule has 1 amide bonds. The highest BCUT2D eigenvalue weighted by Crippen LogP contribution is 2.19. The zero-order chi connectivity index (χ0) is 17.1. The number of aryl methyl sites for hydroxylation is 3. The van der Waals surface area contributed by atoms with Gasteiger partial charge in [0.05, 0.1) is 17.2 Å². The number of hydrogen-bond donors (Lipinski definition) is 1. The summed E-state index contributed by atoms with van der Waals surface area (Å²) in [6, 6.07) is 1.66. The van der Waals surface area contributed by atoms with Crippen molar-refractivity contribution in [2.75, 3.05) is 0 Å². The van der Waals surface area contributed by atoms with Crippen molar-refractivity contribution in [1.29, 1.82) is 0 Å². The average Bonchev–Trinajstić information content (AvgIpc) is 2.86. The van der Waals surface area contributed by atoms with Gasteiger partial charge in [-0.3, -0.25) is 9.59 Å². The van der Waals surface area contributed by atoms with E-state index in [1.165, 1.54) is 4.57 Å². The third kappa shape index (κ3) is 3.69. The third-order valence-electron chi connectivity index (χ3n) is 4.02. The molecular formula is C17H23N3O2S. The SMILES string of the molecule is CCCc1nc(C)c(CNC(=O)c2cc(C)c(C)n(C)c2=O)s1. The van der Waals surface area contributed by atoms with Gasteiger partial charge < -0.3 is 9.88 Å². The van der Waals surface area contributed by atoms with Crippen LogP contribution in [-0.2, 0) is 20.0 Å². The Kier molecular flexibility index (Phi) is 5.36. The molecule has 0 fully saturated rings. The van der Waals surface area contributed by atoms with Crippen molar-refractivity contribution in [3.63, 3.8) is 0 Å². The van der Waals surface area contributed by atoms with Crippen LogP contribution in [-0.4, -0.2) is 15.5 Å². The van der Waals surface area contributed by atoms with E-state index in [0.29, 0.717) is 6.54 Å². The van der Waals surface area contributed by atoms with Gasteiger partial charge in [-0.25, -0.2) is 4.98 Å². The Bertz CT molecular complexity index is 790. The van der Waals surface area contributed by atoms with Crippen LogP contribution >= 0.6 is 11.3 Å². The van der Waals surface area contributed by atoms with E-state index in [1.807, 2.05) is 20.8 Å². The van der Waals surface area contributed by atoms with Crippen LogP contribution in [0.1, 0.15) is 50.5 Å². The lowest BCUT2D eigenvalue weighted by molar-refractivity contribution is 0.0949. The molecule has 0 aliphatic rings. The van der Waals surface area contributed by atoms with Crippen molar-refractivity contribution in [2.45, 2.75) is 47.1 Å². The minimum absolute atomic E-state index is 0.187. The van der Waals surface area contributed by atoms with E-state index in [-0.39, 0.29) is 17.0 Å². The second-order valence-electron chi connectivity index (χ2n) is 5.74. The van der Waals surface area contributed by atoms with Crippen LogP contribution in [0.25, 0.3) is 0 Å². The van der Waals surface area contributed by atoms with Gasteiger partial charge in [-0.1, -0.05) is 6.92 Å². The molecule has 0 aromatic carbocycles. The summed E-state index contributed by atoms with van der Waals surface area (Å²) >= 11 is 1.63. The summed E-state index contributed by atoms with van der Waals surface area (Å²) in [7, 11) is 1.69. The first-order valence-corrected chi connectivity index (χ1v) is 8.57. The normalized spacial score (nSPS) is 10.8. The fraction of sp³-hybridized carbons (Fsp3) is 0.471. The first kappa shape index (κ1) is 17.4. The van der Waals surface area contributed by atoms with Crippen molar-refractivity contribution < 1.29 is 4.79 Å². The van der Waals surface area contributed by atoms with Crippen molar-refractivity contribution in [2.24, 2.45) is 7.05 Å². The largest absolute Gasteiger partial charge is 0.347 e. The number of nitrogens with one attached hydrogen (secondary N) is 1. The summed E-state index contributed by atoms with van der Waals surface area (Å²) in [6.45, 7) is 8.24. The number of rotatable bonds is 5. The summed E-state index contributed by atoms with van der Waals surface area (Å²) in [5, 5.41) is 3.94. The van der Waals surface area contributed by atoms with Gasteiger partial charge >= 0.3 is 0 Å². The van der Waals surface area contributed by atoms with E-state index >= 15 is 0 Å². The molecular weight excluding hydrogens is 310 g/mol. The number of thiazole rings is 1. The van der Waals surface area contributed by atoms with Crippen LogP contribution < -0.4 is 10.9 Å². The second-order valence-corrected chi connectivity index (χ2v) is 6.91. The van der Waals surface area contributed by atoms with Gasteiger partial charge in [-0.05, 0) is 45.2 Å².